The second-order valence-corrected chi connectivity index (χ2v) is 2.65. The van der Waals surface area contributed by atoms with Crippen LogP contribution in [0.5, 0.6) is 0 Å². The molecule has 0 aromatic carbocycles. The van der Waals surface area contributed by atoms with Gasteiger partial charge in [-0.2, -0.15) is 0 Å². The average molecular weight is 363 g/mol. The van der Waals surface area contributed by atoms with Crippen LogP contribution in [-0.2, 0) is 19.2 Å². The maximum atomic E-state index is 9.00. The molecular weight excluding hydrogens is 339 g/mol. The Labute approximate surface area is 181 Å². The molecule has 22 heavy (non-hydrogen) atoms. The fourth-order valence-electron chi connectivity index (χ4n) is 0. The van der Waals surface area contributed by atoms with Gasteiger partial charge in [0.25, 0.3) is 23.9 Å². The fraction of sp³-hybridized carbons (Fsp3) is 0.600. The fourth-order valence-corrected chi connectivity index (χ4v) is 0. The quantitative estimate of drug-likeness (QED) is 0.298. The van der Waals surface area contributed by atoms with Crippen LogP contribution >= 0.6 is 0 Å². The zero-order chi connectivity index (χ0) is 17.7. The molecule has 0 atom stereocenters. The number of nitrogens with two attached hydrogens (primary N) is 2. The van der Waals surface area contributed by atoms with Crippen LogP contribution < -0.4 is 11.5 Å². The Morgan fingerprint density at radius 2 is 0.682 bits per heavy atom. The summed E-state index contributed by atoms with van der Waals surface area (Å²) < 4.78 is 0. The predicted octanol–water partition coefficient (Wildman–Crippen LogP) is -1.49. The van der Waals surface area contributed by atoms with Crippen molar-refractivity contribution in [3.8, 4) is 0 Å². The number of aliphatic carboxylic acids is 4. The van der Waals surface area contributed by atoms with E-state index in [1.807, 2.05) is 0 Å². The first kappa shape index (κ1) is 43.1. The summed E-state index contributed by atoms with van der Waals surface area (Å²) in [6.45, 7) is 5.53. The average Bonchev–Trinajstić information content (AvgIpc) is 2.13. The standard InChI is InChI=1S/C2H8N2.4C2H4O2.Ca.Na/c3-1-2-4;4*1-2(3)4;;/h1-4H2;4*1H3,(H,3,4);;. The van der Waals surface area contributed by atoms with Gasteiger partial charge in [-0.25, -0.2) is 0 Å². The molecule has 0 fully saturated rings. The molecule has 0 rings (SSSR count). The van der Waals surface area contributed by atoms with E-state index in [1.54, 1.807) is 0 Å². The van der Waals surface area contributed by atoms with Crippen LogP contribution in [0.2, 0.25) is 0 Å². The molecule has 3 radical (unpaired) electrons. The topological polar surface area (TPSA) is 201 Å². The van der Waals surface area contributed by atoms with Crippen LogP contribution in [0.25, 0.3) is 0 Å². The van der Waals surface area contributed by atoms with Gasteiger partial charge in [0.1, 0.15) is 0 Å². The van der Waals surface area contributed by atoms with Crippen LogP contribution in [0.1, 0.15) is 27.7 Å². The van der Waals surface area contributed by atoms with Crippen molar-refractivity contribution >= 4 is 91.2 Å². The summed E-state index contributed by atoms with van der Waals surface area (Å²) in [6, 6.07) is 0. The predicted molar refractivity (Wildman–Crippen MR) is 82.9 cm³/mol. The Morgan fingerprint density at radius 3 is 0.682 bits per heavy atom. The number of rotatable bonds is 1. The minimum atomic E-state index is -0.833. The molecule has 125 valence electrons. The second kappa shape index (κ2) is 42.9. The molecule has 0 unspecified atom stereocenters. The van der Waals surface area contributed by atoms with Gasteiger partial charge in [-0.3, -0.25) is 19.2 Å². The molecule has 0 aliphatic rings. The largest absolute Gasteiger partial charge is 0.481 e. The number of hydrogen-bond acceptors (Lipinski definition) is 6. The first-order valence-corrected chi connectivity index (χ1v) is 5.03. The van der Waals surface area contributed by atoms with Crippen molar-refractivity contribution in [3.05, 3.63) is 0 Å². The van der Waals surface area contributed by atoms with E-state index in [4.69, 9.17) is 51.1 Å². The molecule has 0 aliphatic carbocycles. The van der Waals surface area contributed by atoms with E-state index in [1.165, 1.54) is 0 Å². The molecule has 0 aliphatic heterocycles. The maximum absolute atomic E-state index is 9.00. The molecule has 10 nitrogen and oxygen atoms in total. The summed E-state index contributed by atoms with van der Waals surface area (Å²) in [6.07, 6.45) is 0. The van der Waals surface area contributed by atoms with Gasteiger partial charge in [-0.15, -0.1) is 0 Å². The van der Waals surface area contributed by atoms with Crippen LogP contribution in [0.3, 0.4) is 0 Å². The van der Waals surface area contributed by atoms with Gasteiger partial charge in [-0.1, -0.05) is 0 Å². The molecule has 12 heteroatoms. The van der Waals surface area contributed by atoms with Gasteiger partial charge in [0.2, 0.25) is 0 Å². The normalized spacial score (nSPS) is 5.91. The zero-order valence-electron chi connectivity index (χ0n) is 13.7. The van der Waals surface area contributed by atoms with Crippen molar-refractivity contribution in [2.45, 2.75) is 27.7 Å². The van der Waals surface area contributed by atoms with E-state index >= 15 is 0 Å². The minimum Gasteiger partial charge on any atom is -0.481 e. The van der Waals surface area contributed by atoms with Crippen molar-refractivity contribution in [1.29, 1.82) is 0 Å². The Balaban J connectivity index is -0.0000000250. The van der Waals surface area contributed by atoms with Crippen LogP contribution in [0, 0.1) is 0 Å². The molecule has 0 bridgehead atoms. The zero-order valence-corrected chi connectivity index (χ0v) is 17.9. The van der Waals surface area contributed by atoms with Gasteiger partial charge in [0.05, 0.1) is 0 Å². The summed E-state index contributed by atoms with van der Waals surface area (Å²) in [4.78, 5) is 36.0. The molecule has 0 heterocycles. The SMILES string of the molecule is CC(=O)O.CC(=O)O.CC(=O)O.CC(=O)O.NCCN.[Ca].[Na]. The Bertz CT molecular complexity index is 201. The summed E-state index contributed by atoms with van der Waals surface area (Å²) in [7, 11) is 0. The molecule has 0 aromatic rings. The Morgan fingerprint density at radius 1 is 0.636 bits per heavy atom. The number of carbonyl (C=O) groups is 4. The van der Waals surface area contributed by atoms with E-state index < -0.39 is 23.9 Å². The third kappa shape index (κ3) is 6490. The van der Waals surface area contributed by atoms with E-state index in [-0.39, 0.29) is 67.3 Å². The number of carboxylic acid groups (broad SMARTS) is 4. The van der Waals surface area contributed by atoms with Gasteiger partial charge in [0, 0.05) is 108 Å². The first-order chi connectivity index (χ1) is 8.84. The van der Waals surface area contributed by atoms with Gasteiger partial charge in [-0.05, 0) is 0 Å². The third-order valence-electron chi connectivity index (χ3n) is 0.167. The Kier molecular flexibility index (Phi) is 84.1. The van der Waals surface area contributed by atoms with E-state index in [2.05, 4.69) is 0 Å². The van der Waals surface area contributed by atoms with Crippen molar-refractivity contribution in [3.63, 3.8) is 0 Å². The molecular formula is C10H24CaN2NaO8. The molecule has 0 saturated carbocycles. The first-order valence-electron chi connectivity index (χ1n) is 5.03. The van der Waals surface area contributed by atoms with Crippen molar-refractivity contribution < 1.29 is 39.6 Å². The summed E-state index contributed by atoms with van der Waals surface area (Å²) >= 11 is 0. The van der Waals surface area contributed by atoms with Gasteiger partial charge < -0.3 is 31.9 Å². The molecule has 0 saturated heterocycles. The van der Waals surface area contributed by atoms with E-state index in [9.17, 15) is 0 Å². The molecule has 0 amide bonds. The smallest absolute Gasteiger partial charge is 0.300 e. The Hall–Kier alpha value is 0.0597. The summed E-state index contributed by atoms with van der Waals surface area (Å²) in [5.41, 5.74) is 9.81. The van der Waals surface area contributed by atoms with Crippen LogP contribution in [0.4, 0.5) is 0 Å². The second-order valence-electron chi connectivity index (χ2n) is 2.65. The van der Waals surface area contributed by atoms with Crippen molar-refractivity contribution in [2.75, 3.05) is 13.1 Å². The van der Waals surface area contributed by atoms with Crippen molar-refractivity contribution in [2.24, 2.45) is 11.5 Å². The molecule has 0 spiro atoms. The van der Waals surface area contributed by atoms with Crippen molar-refractivity contribution in [1.82, 2.24) is 0 Å². The summed E-state index contributed by atoms with van der Waals surface area (Å²) in [5, 5.41) is 29.7. The molecule has 8 N–H and O–H groups in total. The van der Waals surface area contributed by atoms with Crippen LogP contribution in [0.15, 0.2) is 0 Å². The van der Waals surface area contributed by atoms with E-state index in [0.29, 0.717) is 13.1 Å². The number of carboxylic acids is 4. The summed E-state index contributed by atoms with van der Waals surface area (Å²) in [5.74, 6) is -3.33. The van der Waals surface area contributed by atoms with Gasteiger partial charge >= 0.3 is 0 Å². The van der Waals surface area contributed by atoms with Gasteiger partial charge in [0.15, 0.2) is 0 Å². The maximum Gasteiger partial charge on any atom is 0.300 e. The van der Waals surface area contributed by atoms with Crippen LogP contribution in [-0.4, -0.2) is 125 Å². The number of hydrogen-bond donors (Lipinski definition) is 6. The third-order valence-corrected chi connectivity index (χ3v) is 0.167. The monoisotopic (exact) mass is 363 g/mol. The molecule has 0 aromatic heterocycles. The van der Waals surface area contributed by atoms with E-state index in [0.717, 1.165) is 27.7 Å². The minimum absolute atomic E-state index is 0.